The summed E-state index contributed by atoms with van der Waals surface area (Å²) in [7, 11) is 0. The highest BCUT2D eigenvalue weighted by Crippen LogP contribution is 2.18. The van der Waals surface area contributed by atoms with Gasteiger partial charge in [-0.3, -0.25) is 0 Å². The molecule has 0 saturated carbocycles. The number of rotatable bonds is 3. The lowest BCUT2D eigenvalue weighted by Gasteiger charge is -2.16. The topological polar surface area (TPSA) is 0 Å². The minimum atomic E-state index is 0.209. The summed E-state index contributed by atoms with van der Waals surface area (Å²) in [4.78, 5) is 0. The highest BCUT2D eigenvalue weighted by molar-refractivity contribution is 6.36. The van der Waals surface area contributed by atoms with Crippen LogP contribution in [0.5, 0.6) is 0 Å². The van der Waals surface area contributed by atoms with Gasteiger partial charge >= 0.3 is 20.4 Å². The molecule has 1 heteroatoms. The molecule has 0 bridgehead atoms. The van der Waals surface area contributed by atoms with Crippen LogP contribution in [0.3, 0.4) is 0 Å². The second-order valence-electron chi connectivity index (χ2n) is 4.02. The Bertz CT molecular complexity index is 97.8. The Labute approximate surface area is 74.8 Å². The molecule has 0 unspecified atom stereocenters. The minimum absolute atomic E-state index is 0.209. The monoisotopic (exact) mass is 150 g/mol. The normalized spacial score (nSPS) is 12.0. The Morgan fingerprint density at radius 3 is 2.30 bits per heavy atom. The zero-order valence-corrected chi connectivity index (χ0v) is 9.19. The Balaban J connectivity index is 3.20. The van der Waals surface area contributed by atoms with Crippen molar-refractivity contribution in [1.29, 1.82) is 0 Å². The average molecular weight is 151 g/mol. The maximum Gasteiger partial charge on any atom is 0.370 e. The van der Waals surface area contributed by atoms with Gasteiger partial charge in [0.15, 0.2) is 0 Å². The first-order valence-electron chi connectivity index (χ1n) is 4.17. The summed E-state index contributed by atoms with van der Waals surface area (Å²) in [6.07, 6.45) is 4.47. The minimum Gasteiger partial charge on any atom is -0.141 e. The molecule has 0 amide bonds. The van der Waals surface area contributed by atoms with Gasteiger partial charge in [-0.1, -0.05) is 32.3 Å². The van der Waals surface area contributed by atoms with Crippen LogP contribution in [0.2, 0.25) is 9.10 Å². The van der Waals surface area contributed by atoms with Crippen molar-refractivity contribution in [3.05, 3.63) is 12.2 Å². The summed E-state index contributed by atoms with van der Waals surface area (Å²) >= 11 is 0.209. The van der Waals surface area contributed by atoms with Crippen molar-refractivity contribution in [1.82, 2.24) is 0 Å². The van der Waals surface area contributed by atoms with Crippen molar-refractivity contribution in [3.63, 3.8) is 0 Å². The largest absolute Gasteiger partial charge is 0.370 e. The van der Waals surface area contributed by atoms with Crippen LogP contribution in [-0.2, 0) is 0 Å². The van der Waals surface area contributed by atoms with E-state index in [-0.39, 0.29) is 20.4 Å². The first-order valence-corrected chi connectivity index (χ1v) is 6.17. The molecule has 0 aromatic carbocycles. The number of hydrogen-bond donors (Lipinski definition) is 0. The summed E-state index contributed by atoms with van der Waals surface area (Å²) < 4.78 is 2.85. The molecule has 0 spiro atoms. The molecule has 0 aromatic rings. The molecule has 0 N–H and O–H groups in total. The molecule has 0 heterocycles. The SMILES string of the molecule is CC=C[CH2][Mg][CH2]C(C)(C)C. The van der Waals surface area contributed by atoms with Crippen molar-refractivity contribution < 1.29 is 0 Å². The number of hydrogen-bond acceptors (Lipinski definition) is 0. The molecule has 0 aliphatic carbocycles. The van der Waals surface area contributed by atoms with Crippen LogP contribution in [0.4, 0.5) is 0 Å². The molecule has 0 saturated heterocycles. The van der Waals surface area contributed by atoms with Gasteiger partial charge < -0.3 is 0 Å². The summed E-state index contributed by atoms with van der Waals surface area (Å²) in [5, 5.41) is 0. The van der Waals surface area contributed by atoms with E-state index in [9.17, 15) is 0 Å². The summed E-state index contributed by atoms with van der Waals surface area (Å²) in [6.45, 7) is 9.09. The van der Waals surface area contributed by atoms with Gasteiger partial charge in [-0.2, -0.15) is 0 Å². The van der Waals surface area contributed by atoms with Crippen molar-refractivity contribution in [2.75, 3.05) is 0 Å². The maximum absolute atomic E-state index is 2.33. The standard InChI is InChI=1S/C5H11.C4H7.Mg/c1-5(2,3)4;1-3-4-2;/h1H2,2-4H3;3-4H,1H2,2H3;. The molecule has 10 heavy (non-hydrogen) atoms. The van der Waals surface area contributed by atoms with E-state index in [4.69, 9.17) is 0 Å². The van der Waals surface area contributed by atoms with E-state index in [0.29, 0.717) is 5.41 Å². The highest BCUT2D eigenvalue weighted by atomic mass is 24.5. The first-order chi connectivity index (χ1) is 4.56. The zero-order chi connectivity index (χ0) is 8.04. The van der Waals surface area contributed by atoms with Crippen molar-refractivity contribution in [2.24, 2.45) is 5.41 Å². The molecule has 0 aromatic heterocycles. The van der Waals surface area contributed by atoms with E-state index in [1.54, 1.807) is 0 Å². The van der Waals surface area contributed by atoms with Crippen LogP contribution in [0, 0.1) is 5.41 Å². The highest BCUT2D eigenvalue weighted by Gasteiger charge is 2.09. The van der Waals surface area contributed by atoms with Gasteiger partial charge in [0.2, 0.25) is 0 Å². The molecule has 56 valence electrons. The molecular weight excluding hydrogens is 132 g/mol. The summed E-state index contributed by atoms with van der Waals surface area (Å²) in [5.74, 6) is 0. The predicted octanol–water partition coefficient (Wildman–Crippen LogP) is 3.15. The molecule has 0 rings (SSSR count). The second kappa shape index (κ2) is 5.20. The molecule has 0 aliphatic heterocycles. The first kappa shape index (κ1) is 10.5. The zero-order valence-electron chi connectivity index (χ0n) is 7.78. The lowest BCUT2D eigenvalue weighted by atomic mass is 10.0. The Morgan fingerprint density at radius 1 is 1.30 bits per heavy atom. The fourth-order valence-corrected chi connectivity index (χ4v) is 2.75. The lowest BCUT2D eigenvalue weighted by molar-refractivity contribution is 0.467. The van der Waals surface area contributed by atoms with Crippen LogP contribution in [0.25, 0.3) is 0 Å². The molecule has 0 radical (unpaired) electrons. The van der Waals surface area contributed by atoms with Gasteiger partial charge in [0.1, 0.15) is 0 Å². The van der Waals surface area contributed by atoms with Crippen molar-refractivity contribution in [2.45, 2.75) is 36.8 Å². The van der Waals surface area contributed by atoms with Gasteiger partial charge in [0.05, 0.1) is 0 Å². The van der Waals surface area contributed by atoms with Crippen LogP contribution in [0.1, 0.15) is 27.7 Å². The van der Waals surface area contributed by atoms with E-state index in [0.717, 1.165) is 0 Å². The second-order valence-corrected chi connectivity index (χ2v) is 5.81. The smallest absolute Gasteiger partial charge is 0.141 e. The molecule has 0 nitrogen and oxygen atoms in total. The fourth-order valence-electron chi connectivity index (χ4n) is 0.917. The third-order valence-electron chi connectivity index (χ3n) is 1.53. The summed E-state index contributed by atoms with van der Waals surface area (Å²) in [5.41, 5.74) is 0.577. The Kier molecular flexibility index (Phi) is 5.46. The van der Waals surface area contributed by atoms with E-state index in [1.165, 1.54) is 9.10 Å². The molecule has 0 fully saturated rings. The van der Waals surface area contributed by atoms with Crippen LogP contribution < -0.4 is 0 Å². The van der Waals surface area contributed by atoms with Crippen LogP contribution in [-0.4, -0.2) is 20.4 Å². The quantitative estimate of drug-likeness (QED) is 0.329. The molecule has 0 atom stereocenters. The van der Waals surface area contributed by atoms with Gasteiger partial charge in [0.25, 0.3) is 0 Å². The maximum atomic E-state index is 2.33. The van der Waals surface area contributed by atoms with Crippen LogP contribution in [0.15, 0.2) is 12.2 Å². The van der Waals surface area contributed by atoms with Gasteiger partial charge in [0, 0.05) is 0 Å². The fraction of sp³-hybridized carbons (Fsp3) is 0.778. The third-order valence-corrected chi connectivity index (χ3v) is 4.13. The average Bonchev–Trinajstić information content (AvgIpc) is 1.78. The van der Waals surface area contributed by atoms with Gasteiger partial charge in [-0.05, 0) is 6.92 Å². The lowest BCUT2D eigenvalue weighted by Crippen LogP contribution is -2.07. The molecule has 0 aliphatic rings. The predicted molar refractivity (Wildman–Crippen MR) is 49.6 cm³/mol. The van der Waals surface area contributed by atoms with Crippen molar-refractivity contribution >= 4 is 20.4 Å². The Hall–Kier alpha value is 0.506. The van der Waals surface area contributed by atoms with E-state index >= 15 is 0 Å². The van der Waals surface area contributed by atoms with Crippen molar-refractivity contribution in [3.8, 4) is 0 Å². The third kappa shape index (κ3) is 8.51. The Morgan fingerprint density at radius 2 is 1.90 bits per heavy atom. The van der Waals surface area contributed by atoms with Gasteiger partial charge in [-0.15, -0.1) is 15.2 Å². The van der Waals surface area contributed by atoms with E-state index < -0.39 is 0 Å². The molecular formula is C9H18Mg. The van der Waals surface area contributed by atoms with Crippen LogP contribution >= 0.6 is 0 Å². The van der Waals surface area contributed by atoms with E-state index in [1.807, 2.05) is 0 Å². The van der Waals surface area contributed by atoms with Gasteiger partial charge in [-0.25, -0.2) is 0 Å². The number of allylic oxidation sites excluding steroid dienone is 2. The summed E-state index contributed by atoms with van der Waals surface area (Å²) in [6, 6.07) is 0. The van der Waals surface area contributed by atoms with E-state index in [2.05, 4.69) is 39.8 Å².